The topological polar surface area (TPSA) is 56.7 Å². The first-order valence-electron chi connectivity index (χ1n) is 21.2. The quantitative estimate of drug-likeness (QED) is 0.177. The van der Waals surface area contributed by atoms with E-state index in [9.17, 15) is 0 Å². The average molecular weight is 821 g/mol. The first-order valence-corrected chi connectivity index (χ1v) is 22.0. The van der Waals surface area contributed by atoms with Gasteiger partial charge in [0.1, 0.15) is 11.2 Å². The summed E-state index contributed by atoms with van der Waals surface area (Å²) in [6.45, 7) is 0. The molecule has 0 N–H and O–H groups in total. The average Bonchev–Trinajstić information content (AvgIpc) is 4.02. The van der Waals surface area contributed by atoms with Gasteiger partial charge in [0, 0.05) is 58.2 Å². The molecule has 5 nitrogen and oxygen atoms in total. The van der Waals surface area contributed by atoms with E-state index in [1.165, 1.54) is 41.7 Å². The Morgan fingerprint density at radius 2 is 1.00 bits per heavy atom. The molecule has 14 aromatic rings. The zero-order chi connectivity index (χ0) is 41.2. The Bertz CT molecular complexity index is 4230. The molecular formula is C57H32N4OS. The van der Waals surface area contributed by atoms with Gasteiger partial charge in [0.2, 0.25) is 0 Å². The van der Waals surface area contributed by atoms with Crippen LogP contribution in [-0.4, -0.2) is 19.5 Å². The van der Waals surface area contributed by atoms with Gasteiger partial charge in [-0.05, 0) is 93.7 Å². The normalized spacial score (nSPS) is 12.1. The van der Waals surface area contributed by atoms with Crippen LogP contribution in [0.2, 0.25) is 0 Å². The molecule has 0 unspecified atom stereocenters. The molecule has 4 aromatic heterocycles. The number of hydrogen-bond acceptors (Lipinski definition) is 5. The van der Waals surface area contributed by atoms with Crippen molar-refractivity contribution in [3.63, 3.8) is 0 Å². The molecule has 0 aliphatic rings. The zero-order valence-corrected chi connectivity index (χ0v) is 34.4. The maximum atomic E-state index is 6.91. The largest absolute Gasteiger partial charge is 0.455 e. The molecule has 0 bridgehead atoms. The minimum Gasteiger partial charge on any atom is -0.455 e. The summed E-state index contributed by atoms with van der Waals surface area (Å²) in [5, 5.41) is 13.6. The van der Waals surface area contributed by atoms with Gasteiger partial charge in [-0.25, -0.2) is 15.0 Å². The van der Waals surface area contributed by atoms with Crippen LogP contribution in [0.3, 0.4) is 0 Å². The molecule has 6 heteroatoms. The minimum absolute atomic E-state index is 0.571. The lowest BCUT2D eigenvalue weighted by molar-refractivity contribution is 0.672. The van der Waals surface area contributed by atoms with Gasteiger partial charge in [0.15, 0.2) is 17.5 Å². The highest BCUT2D eigenvalue weighted by molar-refractivity contribution is 7.25. The van der Waals surface area contributed by atoms with Crippen LogP contribution in [-0.2, 0) is 0 Å². The summed E-state index contributed by atoms with van der Waals surface area (Å²) in [6.07, 6.45) is 0. The maximum absolute atomic E-state index is 6.91. The van der Waals surface area contributed by atoms with Gasteiger partial charge in [0.25, 0.3) is 0 Å². The molecular weight excluding hydrogens is 789 g/mol. The molecule has 10 aromatic carbocycles. The van der Waals surface area contributed by atoms with E-state index in [1.54, 1.807) is 0 Å². The van der Waals surface area contributed by atoms with Gasteiger partial charge in [-0.1, -0.05) is 127 Å². The van der Waals surface area contributed by atoms with Crippen LogP contribution in [0.5, 0.6) is 0 Å². The van der Waals surface area contributed by atoms with E-state index in [0.717, 1.165) is 76.9 Å². The highest BCUT2D eigenvalue weighted by atomic mass is 32.1. The first-order chi connectivity index (χ1) is 31.2. The van der Waals surface area contributed by atoms with Crippen LogP contribution >= 0.6 is 11.3 Å². The Morgan fingerprint density at radius 1 is 0.381 bits per heavy atom. The van der Waals surface area contributed by atoms with E-state index < -0.39 is 0 Å². The van der Waals surface area contributed by atoms with Crippen molar-refractivity contribution in [3.05, 3.63) is 194 Å². The summed E-state index contributed by atoms with van der Waals surface area (Å²) in [7, 11) is 0. The predicted molar refractivity (Wildman–Crippen MR) is 263 cm³/mol. The maximum Gasteiger partial charge on any atom is 0.166 e. The summed E-state index contributed by atoms with van der Waals surface area (Å²) in [5.74, 6) is 1.78. The van der Waals surface area contributed by atoms with Gasteiger partial charge in [-0.15, -0.1) is 11.3 Å². The number of nitrogens with zero attached hydrogens (tertiary/aromatic N) is 4. The molecule has 0 amide bonds. The molecule has 0 atom stereocenters. The van der Waals surface area contributed by atoms with Crippen molar-refractivity contribution in [1.82, 2.24) is 19.5 Å². The van der Waals surface area contributed by atoms with Gasteiger partial charge in [0.05, 0.1) is 22.3 Å². The molecule has 14 rings (SSSR count). The third kappa shape index (κ3) is 5.19. The predicted octanol–water partition coefficient (Wildman–Crippen LogP) is 15.7. The fraction of sp³-hybridized carbons (Fsp3) is 0. The molecule has 0 aliphatic carbocycles. The Hall–Kier alpha value is -8.19. The van der Waals surface area contributed by atoms with Gasteiger partial charge < -0.3 is 8.98 Å². The van der Waals surface area contributed by atoms with Crippen LogP contribution < -0.4 is 0 Å². The zero-order valence-electron chi connectivity index (χ0n) is 33.6. The second-order valence-electron chi connectivity index (χ2n) is 16.3. The van der Waals surface area contributed by atoms with Crippen LogP contribution in [0.15, 0.2) is 199 Å². The SMILES string of the molecule is c1ccc2cc(-c3nc(-c4ccc5sc6ccccc6c5c4)nc(-c4c(-n5c6ccccc6c6cc7ccccc7cc65)ccc5oc6c7ccccc7ccc6c45)n3)ccc2c1. The van der Waals surface area contributed by atoms with Crippen LogP contribution in [0, 0.1) is 0 Å². The van der Waals surface area contributed by atoms with Crippen molar-refractivity contribution < 1.29 is 4.42 Å². The smallest absolute Gasteiger partial charge is 0.166 e. The van der Waals surface area contributed by atoms with Crippen molar-refractivity contribution in [2.24, 2.45) is 0 Å². The van der Waals surface area contributed by atoms with Crippen molar-refractivity contribution in [1.29, 1.82) is 0 Å². The molecule has 0 fully saturated rings. The number of hydrogen-bond donors (Lipinski definition) is 0. The minimum atomic E-state index is 0.571. The van der Waals surface area contributed by atoms with E-state index in [4.69, 9.17) is 19.4 Å². The third-order valence-corrected chi connectivity index (χ3v) is 13.9. The Balaban J connectivity index is 1.13. The van der Waals surface area contributed by atoms with Gasteiger partial charge in [-0.3, -0.25) is 0 Å². The first kappa shape index (κ1) is 34.5. The standard InChI is InChI=1S/C57H32N4OS/c1-2-13-35-29-38(22-21-33(35)11-1)55-58-56(39-24-28-51-45(31-39)42-18-8-10-20-50(42)63-51)60-57(59-55)53-47(26-27-49-52(53)43-25-23-34-12-5-6-16-40(34)54(43)62-49)61-46-19-9-7-17-41(46)44-30-36-14-3-4-15-37(36)32-48(44)61/h1-32H. The second kappa shape index (κ2) is 13.2. The summed E-state index contributed by atoms with van der Waals surface area (Å²) >= 11 is 1.81. The molecule has 4 heterocycles. The van der Waals surface area contributed by atoms with Gasteiger partial charge in [-0.2, -0.15) is 0 Å². The Kier molecular flexibility index (Phi) is 7.21. The van der Waals surface area contributed by atoms with Crippen molar-refractivity contribution in [2.45, 2.75) is 0 Å². The molecule has 0 spiro atoms. The number of fused-ring (bicyclic) bond motifs is 13. The highest BCUT2D eigenvalue weighted by Gasteiger charge is 2.25. The van der Waals surface area contributed by atoms with E-state index in [-0.39, 0.29) is 0 Å². The number of thiophene rings is 1. The summed E-state index contributed by atoms with van der Waals surface area (Å²) in [5.41, 5.74) is 7.50. The summed E-state index contributed by atoms with van der Waals surface area (Å²) in [4.78, 5) is 16.4. The lowest BCUT2D eigenvalue weighted by Gasteiger charge is -2.16. The molecule has 0 saturated heterocycles. The lowest BCUT2D eigenvalue weighted by Crippen LogP contribution is -2.04. The van der Waals surface area contributed by atoms with Crippen molar-refractivity contribution in [3.8, 4) is 39.9 Å². The number of benzene rings is 10. The fourth-order valence-corrected chi connectivity index (χ4v) is 10.9. The van der Waals surface area contributed by atoms with E-state index in [0.29, 0.717) is 17.5 Å². The third-order valence-electron chi connectivity index (χ3n) is 12.8. The van der Waals surface area contributed by atoms with E-state index in [1.807, 2.05) is 11.3 Å². The van der Waals surface area contributed by atoms with Crippen molar-refractivity contribution in [2.75, 3.05) is 0 Å². The summed E-state index contributed by atoms with van der Waals surface area (Å²) in [6, 6.07) is 69.2. The lowest BCUT2D eigenvalue weighted by atomic mass is 10.0. The summed E-state index contributed by atoms with van der Waals surface area (Å²) < 4.78 is 11.8. The number of para-hydroxylation sites is 1. The molecule has 0 aliphatic heterocycles. The molecule has 292 valence electrons. The molecule has 0 saturated carbocycles. The monoisotopic (exact) mass is 820 g/mol. The Labute approximate surface area is 363 Å². The molecule has 63 heavy (non-hydrogen) atoms. The number of rotatable bonds is 4. The van der Waals surface area contributed by atoms with Crippen LogP contribution in [0.4, 0.5) is 0 Å². The fourth-order valence-electron chi connectivity index (χ4n) is 9.85. The Morgan fingerprint density at radius 3 is 1.84 bits per heavy atom. The molecule has 0 radical (unpaired) electrons. The van der Waals surface area contributed by atoms with Crippen molar-refractivity contribution >= 4 is 108 Å². The second-order valence-corrected chi connectivity index (χ2v) is 17.4. The van der Waals surface area contributed by atoms with E-state index in [2.05, 4.69) is 199 Å². The van der Waals surface area contributed by atoms with Crippen LogP contribution in [0.1, 0.15) is 0 Å². The van der Waals surface area contributed by atoms with Crippen LogP contribution in [0.25, 0.3) is 136 Å². The highest BCUT2D eigenvalue weighted by Crippen LogP contribution is 2.45. The van der Waals surface area contributed by atoms with E-state index >= 15 is 0 Å². The number of furan rings is 1. The van der Waals surface area contributed by atoms with Gasteiger partial charge >= 0.3 is 0 Å². The number of aromatic nitrogens is 4.